The maximum absolute atomic E-state index is 14.1. The van der Waals surface area contributed by atoms with Crippen LogP contribution in [-0.2, 0) is 12.0 Å². The van der Waals surface area contributed by atoms with E-state index in [-0.39, 0.29) is 0 Å². The molecule has 3 aromatic rings. The highest BCUT2D eigenvalue weighted by molar-refractivity contribution is 5.97. The molecule has 1 aliphatic rings. The van der Waals surface area contributed by atoms with Gasteiger partial charge in [-0.2, -0.15) is 0 Å². The van der Waals surface area contributed by atoms with Crippen LogP contribution in [0.25, 0.3) is 0 Å². The Kier molecular flexibility index (Phi) is 5.55. The monoisotopic (exact) mass is 420 g/mol. The molecule has 1 aliphatic heterocycles. The van der Waals surface area contributed by atoms with E-state index in [9.17, 15) is 18.7 Å². The number of amides is 1. The summed E-state index contributed by atoms with van der Waals surface area (Å²) in [5.74, 6) is -0.536. The van der Waals surface area contributed by atoms with Gasteiger partial charge in [-0.05, 0) is 54.3 Å². The van der Waals surface area contributed by atoms with E-state index in [2.05, 4.69) is 0 Å². The van der Waals surface area contributed by atoms with Crippen LogP contribution >= 0.6 is 0 Å². The van der Waals surface area contributed by atoms with Gasteiger partial charge < -0.3 is 5.11 Å². The Bertz CT molecular complexity index is 1130. The highest BCUT2D eigenvalue weighted by Crippen LogP contribution is 2.48. The van der Waals surface area contributed by atoms with Crippen LogP contribution < -0.4 is 0 Å². The highest BCUT2D eigenvalue weighted by atomic mass is 19.1. The minimum absolute atomic E-state index is 0.373. The van der Waals surface area contributed by atoms with Gasteiger partial charge in [0.05, 0.1) is 6.04 Å². The Balaban J connectivity index is 1.81. The summed E-state index contributed by atoms with van der Waals surface area (Å²) < 4.78 is 28.1. The van der Waals surface area contributed by atoms with Crippen molar-refractivity contribution in [3.63, 3.8) is 0 Å². The lowest BCUT2D eigenvalue weighted by atomic mass is 9.81. The fraction of sp³-hybridized carbons (Fsp3) is 0.200. The van der Waals surface area contributed by atoms with Crippen LogP contribution in [0.4, 0.5) is 13.6 Å². The summed E-state index contributed by atoms with van der Waals surface area (Å²) in [6.07, 6.45) is -0.202. The van der Waals surface area contributed by atoms with Gasteiger partial charge in [0.2, 0.25) is 0 Å². The quantitative estimate of drug-likeness (QED) is 0.555. The smallest absolute Gasteiger partial charge is 0.413 e. The van der Waals surface area contributed by atoms with Crippen molar-refractivity contribution < 1.29 is 18.7 Å². The summed E-state index contributed by atoms with van der Waals surface area (Å²) in [5.41, 5.74) is 0.938. The van der Waals surface area contributed by atoms with Crippen LogP contribution in [-0.4, -0.2) is 21.9 Å². The minimum Gasteiger partial charge on any atom is -0.465 e. The Hall–Kier alpha value is -3.54. The number of benzene rings is 3. The lowest BCUT2D eigenvalue weighted by Crippen LogP contribution is -2.40. The van der Waals surface area contributed by atoms with Crippen LogP contribution in [0.15, 0.2) is 83.9 Å². The summed E-state index contributed by atoms with van der Waals surface area (Å²) in [6.45, 7) is 1.77. The van der Waals surface area contributed by atoms with Gasteiger partial charge in [0, 0.05) is 6.42 Å². The average molecular weight is 420 g/mol. The van der Waals surface area contributed by atoms with Crippen LogP contribution in [0.3, 0.4) is 0 Å². The molecule has 31 heavy (non-hydrogen) atoms. The predicted molar refractivity (Wildman–Crippen MR) is 115 cm³/mol. The number of carbonyl (C=O) groups is 1. The van der Waals surface area contributed by atoms with Gasteiger partial charge >= 0.3 is 6.09 Å². The molecule has 0 aliphatic carbocycles. The van der Waals surface area contributed by atoms with E-state index in [0.717, 1.165) is 5.56 Å². The molecule has 0 spiro atoms. The molecule has 0 fully saturated rings. The number of carboxylic acid groups (broad SMARTS) is 1. The molecule has 6 heteroatoms. The first-order chi connectivity index (χ1) is 14.9. The molecule has 0 saturated heterocycles. The van der Waals surface area contributed by atoms with Gasteiger partial charge in [-0.1, -0.05) is 54.6 Å². The van der Waals surface area contributed by atoms with Crippen molar-refractivity contribution in [3.8, 4) is 0 Å². The SMILES string of the molecule is C[C@@]1(c2cccc(F)c2)N=C(CCc2ccccc2)N(C(=O)O)[C@@H]1c1cccc(F)c1. The molecular formula is C25H22F2N2O2. The third-order valence-electron chi connectivity index (χ3n) is 5.69. The normalized spacial score (nSPS) is 20.5. The number of aryl methyl sites for hydroxylation is 1. The molecule has 1 amide bonds. The second-order valence-electron chi connectivity index (χ2n) is 7.78. The molecule has 0 bridgehead atoms. The molecule has 1 N–H and O–H groups in total. The molecular weight excluding hydrogens is 398 g/mol. The first-order valence-corrected chi connectivity index (χ1v) is 10.0. The number of halogens is 2. The van der Waals surface area contributed by atoms with Gasteiger partial charge in [-0.25, -0.2) is 13.6 Å². The third kappa shape index (κ3) is 4.06. The van der Waals surface area contributed by atoms with Crippen molar-refractivity contribution in [2.24, 2.45) is 4.99 Å². The molecule has 2 atom stereocenters. The fourth-order valence-electron chi connectivity index (χ4n) is 4.26. The number of nitrogens with zero attached hydrogens (tertiary/aromatic N) is 2. The summed E-state index contributed by atoms with van der Waals surface area (Å²) in [4.78, 5) is 18.4. The fourth-order valence-corrected chi connectivity index (χ4v) is 4.26. The number of hydrogen-bond donors (Lipinski definition) is 1. The molecule has 3 aromatic carbocycles. The summed E-state index contributed by atoms with van der Waals surface area (Å²) >= 11 is 0. The van der Waals surface area contributed by atoms with E-state index < -0.39 is 29.3 Å². The van der Waals surface area contributed by atoms with E-state index in [4.69, 9.17) is 4.99 Å². The molecule has 4 rings (SSSR count). The van der Waals surface area contributed by atoms with Crippen molar-refractivity contribution in [1.29, 1.82) is 0 Å². The number of amidine groups is 1. The number of rotatable bonds is 5. The number of aliphatic imine (C=N–C) groups is 1. The van der Waals surface area contributed by atoms with Gasteiger partial charge in [0.25, 0.3) is 0 Å². The molecule has 4 nitrogen and oxygen atoms in total. The first kappa shape index (κ1) is 20.7. The molecule has 0 saturated carbocycles. The van der Waals surface area contributed by atoms with Crippen LogP contribution in [0, 0.1) is 11.6 Å². The van der Waals surface area contributed by atoms with Crippen LogP contribution in [0.5, 0.6) is 0 Å². The van der Waals surface area contributed by atoms with Gasteiger partial charge in [0.1, 0.15) is 23.0 Å². The summed E-state index contributed by atoms with van der Waals surface area (Å²) in [5, 5.41) is 10.1. The van der Waals surface area contributed by atoms with E-state index in [1.54, 1.807) is 31.2 Å². The van der Waals surface area contributed by atoms with Gasteiger partial charge in [0.15, 0.2) is 0 Å². The topological polar surface area (TPSA) is 52.9 Å². The van der Waals surface area contributed by atoms with Crippen molar-refractivity contribution in [2.45, 2.75) is 31.3 Å². The summed E-state index contributed by atoms with van der Waals surface area (Å²) in [6, 6.07) is 20.7. The maximum atomic E-state index is 14.1. The third-order valence-corrected chi connectivity index (χ3v) is 5.69. The summed E-state index contributed by atoms with van der Waals surface area (Å²) in [7, 11) is 0. The van der Waals surface area contributed by atoms with Crippen LogP contribution in [0.2, 0.25) is 0 Å². The minimum atomic E-state index is -1.18. The standard InChI is InChI=1S/C25H22F2N2O2/c1-25(19-10-6-12-21(27)16-19)23(18-9-5-11-20(26)15-18)29(24(30)31)22(28-25)14-13-17-7-3-2-4-8-17/h2-12,15-16,23H,13-14H2,1H3,(H,30,31)/t23-,25+/m1/s1. The largest absolute Gasteiger partial charge is 0.465 e. The van der Waals surface area contributed by atoms with Crippen LogP contribution in [0.1, 0.15) is 36.1 Å². The Morgan fingerprint density at radius 3 is 2.29 bits per heavy atom. The van der Waals surface area contributed by atoms with E-state index in [1.807, 2.05) is 30.3 Å². The van der Waals surface area contributed by atoms with E-state index in [0.29, 0.717) is 29.8 Å². The predicted octanol–water partition coefficient (Wildman–Crippen LogP) is 5.95. The van der Waals surface area contributed by atoms with Gasteiger partial charge in [-0.3, -0.25) is 9.89 Å². The molecule has 0 radical (unpaired) electrons. The average Bonchev–Trinajstić information content (AvgIpc) is 3.07. The van der Waals surface area contributed by atoms with E-state index in [1.165, 1.54) is 29.2 Å². The molecule has 158 valence electrons. The lowest BCUT2D eigenvalue weighted by molar-refractivity contribution is 0.146. The van der Waals surface area contributed by atoms with Crippen molar-refractivity contribution in [1.82, 2.24) is 4.90 Å². The Morgan fingerprint density at radius 2 is 1.65 bits per heavy atom. The zero-order valence-corrected chi connectivity index (χ0v) is 17.0. The van der Waals surface area contributed by atoms with Crippen molar-refractivity contribution in [3.05, 3.63) is 107 Å². The second kappa shape index (κ2) is 8.30. The molecule has 0 unspecified atom stereocenters. The Labute approximate surface area is 179 Å². The molecule has 1 heterocycles. The van der Waals surface area contributed by atoms with Crippen molar-refractivity contribution in [2.75, 3.05) is 0 Å². The zero-order chi connectivity index (χ0) is 22.0. The maximum Gasteiger partial charge on any atom is 0.413 e. The first-order valence-electron chi connectivity index (χ1n) is 10.0. The van der Waals surface area contributed by atoms with E-state index >= 15 is 0 Å². The number of hydrogen-bond acceptors (Lipinski definition) is 2. The lowest BCUT2D eigenvalue weighted by Gasteiger charge is -2.34. The second-order valence-corrected chi connectivity index (χ2v) is 7.78. The highest BCUT2D eigenvalue weighted by Gasteiger charge is 2.50. The molecule has 0 aromatic heterocycles. The van der Waals surface area contributed by atoms with Crippen molar-refractivity contribution >= 4 is 11.9 Å². The zero-order valence-electron chi connectivity index (χ0n) is 17.0. The Morgan fingerprint density at radius 1 is 0.968 bits per heavy atom. The van der Waals surface area contributed by atoms with Gasteiger partial charge in [-0.15, -0.1) is 0 Å².